The average Bonchev–Trinajstić information content (AvgIpc) is 2.60. The monoisotopic (exact) mass is 325 g/mol. The van der Waals surface area contributed by atoms with Crippen molar-refractivity contribution >= 4 is 23.9 Å². The number of hydrogen-bond acceptors (Lipinski definition) is 3. The van der Waals surface area contributed by atoms with Crippen LogP contribution in [0.1, 0.15) is 28.9 Å². The van der Waals surface area contributed by atoms with Gasteiger partial charge in [-0.25, -0.2) is 4.79 Å². The molecule has 6 heteroatoms. The molecule has 0 saturated heterocycles. The third-order valence-electron chi connectivity index (χ3n) is 3.38. The van der Waals surface area contributed by atoms with Crippen LogP contribution in [0.25, 0.3) is 0 Å². The second-order valence-corrected chi connectivity index (χ2v) is 5.19. The highest BCUT2D eigenvalue weighted by Gasteiger charge is 2.10. The second kappa shape index (κ2) is 8.47. The van der Waals surface area contributed by atoms with E-state index in [-0.39, 0.29) is 24.5 Å². The van der Waals surface area contributed by atoms with Gasteiger partial charge in [-0.05, 0) is 30.7 Å². The Morgan fingerprint density at radius 2 is 1.83 bits per heavy atom. The molecule has 1 unspecified atom stereocenters. The Labute approximate surface area is 140 Å². The van der Waals surface area contributed by atoms with Crippen molar-refractivity contribution in [3.63, 3.8) is 0 Å². The first kappa shape index (κ1) is 17.2. The van der Waals surface area contributed by atoms with Gasteiger partial charge in [0.2, 0.25) is 0 Å². The topological polar surface area (TPSA) is 87.3 Å². The SMILES string of the molecule is CC(NC(=O)Nc1cccc(C(=O)NCC=O)c1)c1ccccc1. The molecule has 0 bridgehead atoms. The Morgan fingerprint density at radius 3 is 2.54 bits per heavy atom. The van der Waals surface area contributed by atoms with Gasteiger partial charge in [0.1, 0.15) is 6.29 Å². The van der Waals surface area contributed by atoms with Crippen LogP contribution < -0.4 is 16.0 Å². The lowest BCUT2D eigenvalue weighted by atomic mass is 10.1. The number of carbonyl (C=O) groups is 3. The fourth-order valence-electron chi connectivity index (χ4n) is 2.16. The Morgan fingerprint density at radius 1 is 1.08 bits per heavy atom. The van der Waals surface area contributed by atoms with Crippen LogP contribution in [0.5, 0.6) is 0 Å². The summed E-state index contributed by atoms with van der Waals surface area (Å²) in [4.78, 5) is 34.2. The number of carbonyl (C=O) groups excluding carboxylic acids is 3. The summed E-state index contributed by atoms with van der Waals surface area (Å²) in [5.41, 5.74) is 1.85. The molecule has 0 aromatic heterocycles. The number of nitrogens with one attached hydrogen (secondary N) is 3. The summed E-state index contributed by atoms with van der Waals surface area (Å²) in [7, 11) is 0. The molecule has 6 nitrogen and oxygen atoms in total. The van der Waals surface area contributed by atoms with E-state index in [0.29, 0.717) is 17.5 Å². The fourth-order valence-corrected chi connectivity index (χ4v) is 2.16. The van der Waals surface area contributed by atoms with Crippen molar-refractivity contribution in [1.82, 2.24) is 10.6 Å². The van der Waals surface area contributed by atoms with Gasteiger partial charge < -0.3 is 20.7 Å². The maximum atomic E-state index is 12.1. The third kappa shape index (κ3) is 4.95. The predicted molar refractivity (Wildman–Crippen MR) is 91.9 cm³/mol. The average molecular weight is 325 g/mol. The van der Waals surface area contributed by atoms with Crippen molar-refractivity contribution in [2.24, 2.45) is 0 Å². The molecule has 0 radical (unpaired) electrons. The number of hydrogen-bond donors (Lipinski definition) is 3. The molecule has 2 aromatic rings. The highest BCUT2D eigenvalue weighted by molar-refractivity contribution is 5.97. The van der Waals surface area contributed by atoms with Crippen LogP contribution in [0.3, 0.4) is 0 Å². The molecule has 124 valence electrons. The quantitative estimate of drug-likeness (QED) is 0.713. The molecule has 2 rings (SSSR count). The molecule has 0 aliphatic rings. The summed E-state index contributed by atoms with van der Waals surface area (Å²) < 4.78 is 0. The Hall–Kier alpha value is -3.15. The molecule has 0 heterocycles. The molecule has 1 atom stereocenters. The molecule has 24 heavy (non-hydrogen) atoms. The lowest BCUT2D eigenvalue weighted by Crippen LogP contribution is -2.31. The molecule has 0 spiro atoms. The Balaban J connectivity index is 1.96. The summed E-state index contributed by atoms with van der Waals surface area (Å²) in [6.45, 7) is 1.84. The van der Waals surface area contributed by atoms with E-state index < -0.39 is 0 Å². The number of benzene rings is 2. The van der Waals surface area contributed by atoms with Crippen LogP contribution in [0.2, 0.25) is 0 Å². The lowest BCUT2D eigenvalue weighted by molar-refractivity contribution is -0.107. The van der Waals surface area contributed by atoms with Gasteiger partial charge in [-0.1, -0.05) is 36.4 Å². The fraction of sp³-hybridized carbons (Fsp3) is 0.167. The normalized spacial score (nSPS) is 11.2. The maximum Gasteiger partial charge on any atom is 0.319 e. The van der Waals surface area contributed by atoms with Crippen LogP contribution in [0.4, 0.5) is 10.5 Å². The second-order valence-electron chi connectivity index (χ2n) is 5.19. The van der Waals surface area contributed by atoms with Crippen molar-refractivity contribution in [3.8, 4) is 0 Å². The molecule has 2 aromatic carbocycles. The van der Waals surface area contributed by atoms with Crippen LogP contribution in [-0.2, 0) is 4.79 Å². The molecule has 0 saturated carbocycles. The Kier molecular flexibility index (Phi) is 6.08. The largest absolute Gasteiger partial charge is 0.345 e. The minimum absolute atomic E-state index is 0.0500. The first-order chi connectivity index (χ1) is 11.6. The standard InChI is InChI=1S/C18H19N3O3/c1-13(14-6-3-2-4-7-14)20-18(24)21-16-9-5-8-15(12-16)17(23)19-10-11-22/h2-9,11-13H,10H2,1H3,(H,19,23)(H2,20,21,24). The van der Waals surface area contributed by atoms with Gasteiger partial charge in [-0.3, -0.25) is 4.79 Å². The van der Waals surface area contributed by atoms with E-state index in [1.54, 1.807) is 24.3 Å². The van der Waals surface area contributed by atoms with Crippen molar-refractivity contribution < 1.29 is 14.4 Å². The van der Waals surface area contributed by atoms with Crippen LogP contribution >= 0.6 is 0 Å². The molecule has 3 N–H and O–H groups in total. The highest BCUT2D eigenvalue weighted by atomic mass is 16.2. The maximum absolute atomic E-state index is 12.1. The summed E-state index contributed by atoms with van der Waals surface area (Å²) >= 11 is 0. The van der Waals surface area contributed by atoms with Crippen LogP contribution in [0.15, 0.2) is 54.6 Å². The predicted octanol–water partition coefficient (Wildman–Crippen LogP) is 2.50. The number of aldehydes is 1. The summed E-state index contributed by atoms with van der Waals surface area (Å²) in [5, 5.41) is 7.97. The zero-order chi connectivity index (χ0) is 17.4. The zero-order valence-electron chi connectivity index (χ0n) is 13.3. The molecule has 0 aliphatic carbocycles. The summed E-state index contributed by atoms with van der Waals surface area (Å²) in [5.74, 6) is -0.371. The van der Waals surface area contributed by atoms with E-state index in [1.165, 1.54) is 0 Å². The number of urea groups is 1. The van der Waals surface area contributed by atoms with E-state index in [1.807, 2.05) is 37.3 Å². The van der Waals surface area contributed by atoms with Crippen molar-refractivity contribution in [3.05, 3.63) is 65.7 Å². The highest BCUT2D eigenvalue weighted by Crippen LogP contribution is 2.13. The molecular weight excluding hydrogens is 306 g/mol. The summed E-state index contributed by atoms with van der Waals surface area (Å²) in [6.07, 6.45) is 0.610. The van der Waals surface area contributed by atoms with Crippen molar-refractivity contribution in [1.29, 1.82) is 0 Å². The minimum atomic E-state index is -0.371. The molecular formula is C18H19N3O3. The van der Waals surface area contributed by atoms with Crippen LogP contribution in [-0.4, -0.2) is 24.8 Å². The van der Waals surface area contributed by atoms with E-state index >= 15 is 0 Å². The van der Waals surface area contributed by atoms with Gasteiger partial charge in [0, 0.05) is 11.3 Å². The summed E-state index contributed by atoms with van der Waals surface area (Å²) in [6, 6.07) is 15.6. The molecule has 3 amide bonds. The van der Waals surface area contributed by atoms with Crippen LogP contribution in [0, 0.1) is 0 Å². The smallest absolute Gasteiger partial charge is 0.319 e. The molecule has 0 aliphatic heterocycles. The van der Waals surface area contributed by atoms with Gasteiger partial charge in [-0.2, -0.15) is 0 Å². The van der Waals surface area contributed by atoms with E-state index in [4.69, 9.17) is 0 Å². The van der Waals surface area contributed by atoms with E-state index in [2.05, 4.69) is 16.0 Å². The lowest BCUT2D eigenvalue weighted by Gasteiger charge is -2.15. The van der Waals surface area contributed by atoms with Crippen molar-refractivity contribution in [2.45, 2.75) is 13.0 Å². The number of anilines is 1. The first-order valence-electron chi connectivity index (χ1n) is 7.54. The molecule has 0 fully saturated rings. The number of amides is 3. The van der Waals surface area contributed by atoms with Gasteiger partial charge in [0.25, 0.3) is 5.91 Å². The van der Waals surface area contributed by atoms with Gasteiger partial charge >= 0.3 is 6.03 Å². The number of rotatable bonds is 6. The Bertz CT molecular complexity index is 716. The van der Waals surface area contributed by atoms with E-state index in [9.17, 15) is 14.4 Å². The zero-order valence-corrected chi connectivity index (χ0v) is 13.3. The van der Waals surface area contributed by atoms with E-state index in [0.717, 1.165) is 5.56 Å². The minimum Gasteiger partial charge on any atom is -0.345 e. The van der Waals surface area contributed by atoms with Crippen molar-refractivity contribution in [2.75, 3.05) is 11.9 Å². The first-order valence-corrected chi connectivity index (χ1v) is 7.54. The van der Waals surface area contributed by atoms with Gasteiger partial charge in [0.05, 0.1) is 12.6 Å². The van der Waals surface area contributed by atoms with Gasteiger partial charge in [0.15, 0.2) is 0 Å². The third-order valence-corrected chi connectivity index (χ3v) is 3.38. The van der Waals surface area contributed by atoms with Gasteiger partial charge in [-0.15, -0.1) is 0 Å².